The second kappa shape index (κ2) is 7.06. The summed E-state index contributed by atoms with van der Waals surface area (Å²) in [5.74, 6) is -0.107. The Kier molecular flexibility index (Phi) is 5.38. The molecule has 1 rings (SSSR count). The molecular weight excluding hydrogens is 230 g/mol. The molecule has 4 nitrogen and oxygen atoms in total. The highest BCUT2D eigenvalue weighted by molar-refractivity contribution is 5.96. The Morgan fingerprint density at radius 3 is 2.61 bits per heavy atom. The zero-order valence-electron chi connectivity index (χ0n) is 10.2. The molecule has 0 radical (unpaired) electrons. The number of Topliss-reactive ketones (excluding diaryl/α,β-unsaturated/α-hetero) is 1. The van der Waals surface area contributed by atoms with E-state index in [1.54, 1.807) is 0 Å². The molecular formula is C14H15NO3. The lowest BCUT2D eigenvalue weighted by molar-refractivity contribution is -0.113. The topological polar surface area (TPSA) is 58.9 Å². The third kappa shape index (κ3) is 3.90. The first-order valence-corrected chi connectivity index (χ1v) is 5.37. The van der Waals surface area contributed by atoms with Gasteiger partial charge in [0.25, 0.3) is 0 Å². The second-order valence-corrected chi connectivity index (χ2v) is 3.55. The van der Waals surface area contributed by atoms with Crippen LogP contribution in [0.25, 0.3) is 0 Å². The van der Waals surface area contributed by atoms with Gasteiger partial charge in [-0.25, -0.2) is 0 Å². The first-order valence-electron chi connectivity index (χ1n) is 5.37. The van der Waals surface area contributed by atoms with Gasteiger partial charge in [0.15, 0.2) is 11.5 Å². The Hall–Kier alpha value is -2.36. The van der Waals surface area contributed by atoms with Crippen molar-refractivity contribution >= 4 is 12.5 Å². The van der Waals surface area contributed by atoms with Crippen LogP contribution in [0.5, 0.6) is 0 Å². The predicted octanol–water partition coefficient (Wildman–Crippen LogP) is 2.78. The number of aliphatic hydroxyl groups excluding tert-OH is 1. The van der Waals surface area contributed by atoms with Crippen LogP contribution in [0.4, 0.5) is 0 Å². The molecule has 1 N–H and O–H groups in total. The lowest BCUT2D eigenvalue weighted by Gasteiger charge is -2.10. The Balaban J connectivity index is 2.80. The van der Waals surface area contributed by atoms with Crippen LogP contribution >= 0.6 is 0 Å². The highest BCUT2D eigenvalue weighted by Gasteiger charge is 2.12. The molecule has 18 heavy (non-hydrogen) atoms. The van der Waals surface area contributed by atoms with Crippen molar-refractivity contribution in [3.05, 3.63) is 59.7 Å². The number of carbonyl (C=O) groups excluding carboxylic acids is 1. The van der Waals surface area contributed by atoms with E-state index in [2.05, 4.69) is 11.7 Å². The zero-order valence-corrected chi connectivity index (χ0v) is 10.2. The normalized spacial score (nSPS) is 12.1. The maximum Gasteiger partial charge on any atom is 0.166 e. The summed E-state index contributed by atoms with van der Waals surface area (Å²) in [4.78, 5) is 14.8. The molecule has 0 saturated heterocycles. The minimum atomic E-state index is -0.305. The first-order chi connectivity index (χ1) is 8.69. The quantitative estimate of drug-likeness (QED) is 0.363. The number of hydrogen-bond acceptors (Lipinski definition) is 4. The Labute approximate surface area is 106 Å². The van der Waals surface area contributed by atoms with Crippen molar-refractivity contribution in [3.8, 4) is 0 Å². The molecule has 0 saturated carbocycles. The summed E-state index contributed by atoms with van der Waals surface area (Å²) in [5, 5.41) is 9.02. The molecule has 0 unspecified atom stereocenters. The fourth-order valence-electron chi connectivity index (χ4n) is 1.33. The van der Waals surface area contributed by atoms with E-state index in [0.29, 0.717) is 6.26 Å². The highest BCUT2D eigenvalue weighted by Crippen LogP contribution is 2.15. The Morgan fingerprint density at radius 1 is 1.44 bits per heavy atom. The van der Waals surface area contributed by atoms with Crippen molar-refractivity contribution < 1.29 is 14.6 Å². The second-order valence-electron chi connectivity index (χ2n) is 3.55. The minimum Gasteiger partial charge on any atom is -0.515 e. The average Bonchev–Trinajstić information content (AvgIpc) is 2.37. The zero-order chi connectivity index (χ0) is 13.4. The number of ether oxygens (including phenoxy) is 1. The van der Waals surface area contributed by atoms with Gasteiger partial charge in [-0.2, -0.15) is 0 Å². The molecule has 0 amide bonds. The monoisotopic (exact) mass is 245 g/mol. The van der Waals surface area contributed by atoms with Gasteiger partial charge in [-0.3, -0.25) is 9.79 Å². The maximum absolute atomic E-state index is 11.3. The molecule has 0 aromatic heterocycles. The van der Waals surface area contributed by atoms with Crippen LogP contribution in [0, 0.1) is 0 Å². The van der Waals surface area contributed by atoms with Gasteiger partial charge in [0.2, 0.25) is 0 Å². The minimum absolute atomic E-state index is 0.0679. The predicted molar refractivity (Wildman–Crippen MR) is 70.3 cm³/mol. The van der Waals surface area contributed by atoms with Gasteiger partial charge in [0.1, 0.15) is 6.61 Å². The number of benzene rings is 1. The summed E-state index contributed by atoms with van der Waals surface area (Å²) in [7, 11) is 0. The van der Waals surface area contributed by atoms with Gasteiger partial charge in [0.05, 0.1) is 18.0 Å². The van der Waals surface area contributed by atoms with Crippen LogP contribution in [-0.4, -0.2) is 17.6 Å². The molecule has 0 aliphatic heterocycles. The summed E-state index contributed by atoms with van der Waals surface area (Å²) in [6, 6.07) is 9.48. The van der Waals surface area contributed by atoms with Crippen LogP contribution in [0.15, 0.2) is 59.1 Å². The largest absolute Gasteiger partial charge is 0.515 e. The molecule has 1 aromatic carbocycles. The van der Waals surface area contributed by atoms with E-state index in [0.717, 1.165) is 5.56 Å². The molecule has 0 spiro atoms. The molecule has 94 valence electrons. The number of nitrogens with zero attached hydrogens (tertiary/aromatic N) is 1. The van der Waals surface area contributed by atoms with Crippen molar-refractivity contribution in [2.45, 2.75) is 13.5 Å². The van der Waals surface area contributed by atoms with Crippen molar-refractivity contribution in [2.75, 3.05) is 0 Å². The van der Waals surface area contributed by atoms with Crippen LogP contribution in [0.1, 0.15) is 12.5 Å². The number of rotatable bonds is 6. The van der Waals surface area contributed by atoms with Crippen LogP contribution < -0.4 is 0 Å². The van der Waals surface area contributed by atoms with Gasteiger partial charge in [0, 0.05) is 0 Å². The van der Waals surface area contributed by atoms with E-state index in [1.165, 1.54) is 13.1 Å². The lowest BCUT2D eigenvalue weighted by atomic mass is 10.1. The number of ketones is 1. The molecule has 0 aliphatic rings. The van der Waals surface area contributed by atoms with Gasteiger partial charge in [-0.05, 0) is 19.2 Å². The summed E-state index contributed by atoms with van der Waals surface area (Å²) in [6.07, 6.45) is 2.01. The smallest absolute Gasteiger partial charge is 0.166 e. The van der Waals surface area contributed by atoms with Crippen molar-refractivity contribution in [1.29, 1.82) is 0 Å². The van der Waals surface area contributed by atoms with Crippen LogP contribution in [0.3, 0.4) is 0 Å². The van der Waals surface area contributed by atoms with Gasteiger partial charge in [-0.15, -0.1) is 0 Å². The standard InChI is InChI=1S/C14H15NO3/c1-11(17)13(9-16)14(8-15-2)18-10-12-6-4-3-5-7-12/h3-9,16H,2,10H2,1H3/b13-9?,14-8+. The summed E-state index contributed by atoms with van der Waals surface area (Å²) >= 11 is 0. The van der Waals surface area contributed by atoms with Crippen molar-refractivity contribution in [3.63, 3.8) is 0 Å². The Bertz CT molecular complexity index is 475. The molecule has 1 aromatic rings. The number of aliphatic hydroxyl groups is 1. The van der Waals surface area contributed by atoms with Crippen LogP contribution in [-0.2, 0) is 16.1 Å². The molecule has 0 fully saturated rings. The number of carbonyl (C=O) groups is 1. The number of allylic oxidation sites excluding steroid dienone is 1. The molecule has 0 aliphatic carbocycles. The third-order valence-corrected chi connectivity index (χ3v) is 2.22. The molecule has 4 heteroatoms. The SMILES string of the molecule is C=N/C=C(/OCc1ccccc1)C(=CO)C(C)=O. The highest BCUT2D eigenvalue weighted by atomic mass is 16.5. The fourth-order valence-corrected chi connectivity index (χ4v) is 1.33. The van der Waals surface area contributed by atoms with E-state index < -0.39 is 0 Å². The summed E-state index contributed by atoms with van der Waals surface area (Å²) in [5.41, 5.74) is 1.02. The van der Waals surface area contributed by atoms with E-state index >= 15 is 0 Å². The van der Waals surface area contributed by atoms with Gasteiger partial charge >= 0.3 is 0 Å². The molecule has 0 atom stereocenters. The molecule has 0 heterocycles. The first kappa shape index (κ1) is 13.7. The average molecular weight is 245 g/mol. The maximum atomic E-state index is 11.3. The van der Waals surface area contributed by atoms with E-state index in [1.807, 2.05) is 30.3 Å². The van der Waals surface area contributed by atoms with Gasteiger partial charge in [-0.1, -0.05) is 30.3 Å². The van der Waals surface area contributed by atoms with E-state index in [4.69, 9.17) is 9.84 Å². The lowest BCUT2D eigenvalue weighted by Crippen LogP contribution is -2.04. The summed E-state index contributed by atoms with van der Waals surface area (Å²) in [6.45, 7) is 4.93. The fraction of sp³-hybridized carbons (Fsp3) is 0.143. The Morgan fingerprint density at radius 2 is 2.11 bits per heavy atom. The van der Waals surface area contributed by atoms with E-state index in [-0.39, 0.29) is 23.7 Å². The number of hydrogen-bond donors (Lipinski definition) is 1. The van der Waals surface area contributed by atoms with Crippen molar-refractivity contribution in [2.24, 2.45) is 4.99 Å². The van der Waals surface area contributed by atoms with E-state index in [9.17, 15) is 4.79 Å². The molecule has 0 bridgehead atoms. The summed E-state index contributed by atoms with van der Waals surface area (Å²) < 4.78 is 5.46. The third-order valence-electron chi connectivity index (χ3n) is 2.22. The number of aliphatic imine (C=N–C) groups is 1. The van der Waals surface area contributed by atoms with Crippen LogP contribution in [0.2, 0.25) is 0 Å². The van der Waals surface area contributed by atoms with Gasteiger partial charge < -0.3 is 9.84 Å². The van der Waals surface area contributed by atoms with Crippen molar-refractivity contribution in [1.82, 2.24) is 0 Å².